The Morgan fingerprint density at radius 2 is 1.83 bits per heavy atom. The maximum absolute atomic E-state index is 12.2. The van der Waals surface area contributed by atoms with Gasteiger partial charge in [-0.15, -0.1) is 0 Å². The topological polar surface area (TPSA) is 34.9 Å². The lowest BCUT2D eigenvalue weighted by molar-refractivity contribution is 0.103. The van der Waals surface area contributed by atoms with Crippen LogP contribution in [0.25, 0.3) is 10.8 Å². The summed E-state index contributed by atoms with van der Waals surface area (Å²) < 4.78 is 1.63. The molecule has 0 aliphatic rings. The van der Waals surface area contributed by atoms with E-state index in [2.05, 4.69) is 5.10 Å². The molecule has 3 rings (SSSR count). The highest BCUT2D eigenvalue weighted by molar-refractivity contribution is 6.10. The Balaban J connectivity index is 2.06. The van der Waals surface area contributed by atoms with Gasteiger partial charge in [-0.3, -0.25) is 9.48 Å². The molecule has 88 valence electrons. The van der Waals surface area contributed by atoms with Crippen molar-refractivity contribution in [3.63, 3.8) is 0 Å². The number of aryl methyl sites for hydroxylation is 1. The Labute approximate surface area is 105 Å². The summed E-state index contributed by atoms with van der Waals surface area (Å²) in [5, 5.41) is 6.24. The zero-order chi connectivity index (χ0) is 12.5. The molecular formula is C15H12N2O. The largest absolute Gasteiger partial charge is 0.288 e. The van der Waals surface area contributed by atoms with Crippen LogP contribution in [0.5, 0.6) is 0 Å². The summed E-state index contributed by atoms with van der Waals surface area (Å²) in [6, 6.07) is 13.8. The SMILES string of the molecule is Cn1cc(C(=O)c2ccc3ccccc3c2)cn1. The number of benzene rings is 2. The van der Waals surface area contributed by atoms with Crippen molar-refractivity contribution in [3.8, 4) is 0 Å². The summed E-state index contributed by atoms with van der Waals surface area (Å²) in [7, 11) is 1.80. The van der Waals surface area contributed by atoms with Gasteiger partial charge in [-0.1, -0.05) is 36.4 Å². The van der Waals surface area contributed by atoms with Gasteiger partial charge >= 0.3 is 0 Å². The molecule has 18 heavy (non-hydrogen) atoms. The molecule has 3 heteroatoms. The average Bonchev–Trinajstić information content (AvgIpc) is 2.84. The van der Waals surface area contributed by atoms with Crippen LogP contribution >= 0.6 is 0 Å². The Bertz CT molecular complexity index is 728. The van der Waals surface area contributed by atoms with Crippen LogP contribution in [0, 0.1) is 0 Å². The van der Waals surface area contributed by atoms with E-state index in [0.717, 1.165) is 10.8 Å². The molecule has 1 aromatic heterocycles. The maximum Gasteiger partial charge on any atom is 0.196 e. The normalized spacial score (nSPS) is 10.7. The molecule has 0 bridgehead atoms. The highest BCUT2D eigenvalue weighted by Gasteiger charge is 2.11. The zero-order valence-corrected chi connectivity index (χ0v) is 10.00. The number of nitrogens with zero attached hydrogens (tertiary/aromatic N) is 2. The lowest BCUT2D eigenvalue weighted by atomic mass is 10.0. The molecule has 0 N–H and O–H groups in total. The molecule has 0 fully saturated rings. The van der Waals surface area contributed by atoms with Crippen LogP contribution in [-0.4, -0.2) is 15.6 Å². The maximum atomic E-state index is 12.2. The van der Waals surface area contributed by atoms with E-state index >= 15 is 0 Å². The van der Waals surface area contributed by atoms with E-state index < -0.39 is 0 Å². The average molecular weight is 236 g/mol. The quantitative estimate of drug-likeness (QED) is 0.641. The minimum absolute atomic E-state index is 0.00820. The van der Waals surface area contributed by atoms with E-state index in [1.165, 1.54) is 0 Å². The molecule has 0 amide bonds. The molecule has 0 radical (unpaired) electrons. The number of fused-ring (bicyclic) bond motifs is 1. The number of hydrogen-bond donors (Lipinski definition) is 0. The van der Waals surface area contributed by atoms with Crippen LogP contribution < -0.4 is 0 Å². The molecule has 0 atom stereocenters. The smallest absolute Gasteiger partial charge is 0.196 e. The van der Waals surface area contributed by atoms with Crippen molar-refractivity contribution in [1.82, 2.24) is 9.78 Å². The van der Waals surface area contributed by atoms with Crippen LogP contribution in [0.4, 0.5) is 0 Å². The fourth-order valence-corrected chi connectivity index (χ4v) is 2.04. The second-order valence-electron chi connectivity index (χ2n) is 4.29. The van der Waals surface area contributed by atoms with Crippen molar-refractivity contribution in [2.45, 2.75) is 0 Å². The number of carbonyl (C=O) groups excluding carboxylic acids is 1. The fraction of sp³-hybridized carbons (Fsp3) is 0.0667. The first-order chi connectivity index (χ1) is 8.74. The van der Waals surface area contributed by atoms with Crippen LogP contribution in [-0.2, 0) is 7.05 Å². The van der Waals surface area contributed by atoms with Gasteiger partial charge in [0.1, 0.15) is 0 Å². The molecule has 0 spiro atoms. The summed E-state index contributed by atoms with van der Waals surface area (Å²) in [5.74, 6) is 0.00820. The molecule has 0 aliphatic heterocycles. The first kappa shape index (κ1) is 10.7. The standard InChI is InChI=1S/C15H12N2O/c1-17-10-14(9-16-17)15(18)13-7-6-11-4-2-3-5-12(11)8-13/h2-10H,1H3. The third-order valence-electron chi connectivity index (χ3n) is 2.98. The van der Waals surface area contributed by atoms with Gasteiger partial charge in [0.15, 0.2) is 5.78 Å². The predicted molar refractivity (Wildman–Crippen MR) is 70.6 cm³/mol. The molecule has 3 nitrogen and oxygen atoms in total. The lowest BCUT2D eigenvalue weighted by Crippen LogP contribution is -1.99. The molecule has 0 aliphatic carbocycles. The van der Waals surface area contributed by atoms with Crippen molar-refractivity contribution in [1.29, 1.82) is 0 Å². The molecule has 0 saturated carbocycles. The van der Waals surface area contributed by atoms with Crippen molar-refractivity contribution < 1.29 is 4.79 Å². The molecule has 1 heterocycles. The van der Waals surface area contributed by atoms with Crippen molar-refractivity contribution in [2.24, 2.45) is 7.05 Å². The van der Waals surface area contributed by atoms with Crippen LogP contribution in [0.1, 0.15) is 15.9 Å². The van der Waals surface area contributed by atoms with Crippen LogP contribution in [0.3, 0.4) is 0 Å². The Morgan fingerprint density at radius 3 is 2.56 bits per heavy atom. The minimum Gasteiger partial charge on any atom is -0.288 e. The molecule has 0 saturated heterocycles. The number of ketones is 1. The summed E-state index contributed by atoms with van der Waals surface area (Å²) >= 11 is 0. The number of carbonyl (C=O) groups is 1. The molecule has 3 aromatic rings. The highest BCUT2D eigenvalue weighted by atomic mass is 16.1. The second-order valence-corrected chi connectivity index (χ2v) is 4.29. The number of rotatable bonds is 2. The summed E-state index contributed by atoms with van der Waals surface area (Å²) in [6.45, 7) is 0. The predicted octanol–water partition coefficient (Wildman–Crippen LogP) is 2.80. The lowest BCUT2D eigenvalue weighted by Gasteiger charge is -2.01. The second kappa shape index (κ2) is 4.11. The van der Waals surface area contributed by atoms with Gasteiger partial charge in [-0.25, -0.2) is 0 Å². The third kappa shape index (κ3) is 1.80. The molecule has 2 aromatic carbocycles. The van der Waals surface area contributed by atoms with E-state index in [-0.39, 0.29) is 5.78 Å². The van der Waals surface area contributed by atoms with E-state index in [1.807, 2.05) is 42.5 Å². The summed E-state index contributed by atoms with van der Waals surface area (Å²) in [5.41, 5.74) is 1.31. The van der Waals surface area contributed by atoms with Gasteiger partial charge in [0, 0.05) is 18.8 Å². The molecular weight excluding hydrogens is 224 g/mol. The first-order valence-corrected chi connectivity index (χ1v) is 5.76. The third-order valence-corrected chi connectivity index (χ3v) is 2.98. The minimum atomic E-state index is 0.00820. The summed E-state index contributed by atoms with van der Waals surface area (Å²) in [6.07, 6.45) is 3.33. The van der Waals surface area contributed by atoms with Crippen molar-refractivity contribution in [2.75, 3.05) is 0 Å². The van der Waals surface area contributed by atoms with E-state index in [1.54, 1.807) is 24.1 Å². The highest BCUT2D eigenvalue weighted by Crippen LogP contribution is 2.17. The van der Waals surface area contributed by atoms with Gasteiger partial charge in [0.25, 0.3) is 0 Å². The van der Waals surface area contributed by atoms with Gasteiger partial charge in [-0.05, 0) is 16.8 Å². The van der Waals surface area contributed by atoms with Crippen molar-refractivity contribution >= 4 is 16.6 Å². The Morgan fingerprint density at radius 1 is 1.06 bits per heavy atom. The van der Waals surface area contributed by atoms with E-state index in [9.17, 15) is 4.79 Å². The fourth-order valence-electron chi connectivity index (χ4n) is 2.04. The monoisotopic (exact) mass is 236 g/mol. The summed E-state index contributed by atoms with van der Waals surface area (Å²) in [4.78, 5) is 12.2. The Kier molecular flexibility index (Phi) is 2.45. The van der Waals surface area contributed by atoms with E-state index in [0.29, 0.717) is 11.1 Å². The first-order valence-electron chi connectivity index (χ1n) is 5.76. The molecule has 0 unspecified atom stereocenters. The zero-order valence-electron chi connectivity index (χ0n) is 10.00. The van der Waals surface area contributed by atoms with Gasteiger partial charge < -0.3 is 0 Å². The van der Waals surface area contributed by atoms with Crippen molar-refractivity contribution in [3.05, 3.63) is 66.0 Å². The van der Waals surface area contributed by atoms with Gasteiger partial charge in [0.05, 0.1) is 11.8 Å². The van der Waals surface area contributed by atoms with Gasteiger partial charge in [0.2, 0.25) is 0 Å². The van der Waals surface area contributed by atoms with Crippen LogP contribution in [0.2, 0.25) is 0 Å². The van der Waals surface area contributed by atoms with E-state index in [4.69, 9.17) is 0 Å². The number of aromatic nitrogens is 2. The number of hydrogen-bond acceptors (Lipinski definition) is 2. The Hall–Kier alpha value is -2.42. The van der Waals surface area contributed by atoms with Gasteiger partial charge in [-0.2, -0.15) is 5.10 Å². The van der Waals surface area contributed by atoms with Crippen LogP contribution in [0.15, 0.2) is 54.9 Å².